The number of thiophene rings is 1. The minimum absolute atomic E-state index is 0.0158. The van der Waals surface area contributed by atoms with E-state index in [1.807, 2.05) is 0 Å². The predicted molar refractivity (Wildman–Crippen MR) is 99.6 cm³/mol. The number of benzene rings is 1. The van der Waals surface area contributed by atoms with Crippen LogP contribution in [-0.4, -0.2) is 29.3 Å². The Morgan fingerprint density at radius 3 is 2.56 bits per heavy atom. The molecule has 0 radical (unpaired) electrons. The number of primary amides is 1. The van der Waals surface area contributed by atoms with Crippen LogP contribution in [0.5, 0.6) is 0 Å². The van der Waals surface area contributed by atoms with Crippen molar-refractivity contribution in [2.75, 3.05) is 11.9 Å². The molecule has 0 aliphatic heterocycles. The van der Waals surface area contributed by atoms with Crippen LogP contribution in [0.1, 0.15) is 42.9 Å². The number of carbonyl (C=O) groups excluding carboxylic acids is 3. The Hall–Kier alpha value is -2.98. The number of nitrogens with one attached hydrogen (secondary N) is 1. The summed E-state index contributed by atoms with van der Waals surface area (Å²) in [6.45, 7) is 3.22. The fourth-order valence-electron chi connectivity index (χ4n) is 2.26. The predicted octanol–water partition coefficient (Wildman–Crippen LogP) is 3.15. The van der Waals surface area contributed by atoms with Gasteiger partial charge in [-0.1, -0.05) is 11.6 Å². The van der Waals surface area contributed by atoms with E-state index < -0.39 is 22.7 Å². The number of rotatable bonds is 6. The molecule has 27 heavy (non-hydrogen) atoms. The molecule has 0 spiro atoms. The first-order valence-electron chi connectivity index (χ1n) is 7.52. The number of anilines is 1. The third kappa shape index (κ3) is 4.23. The summed E-state index contributed by atoms with van der Waals surface area (Å²) in [6, 6.07) is 3.36. The van der Waals surface area contributed by atoms with E-state index in [-0.39, 0.29) is 43.9 Å². The van der Waals surface area contributed by atoms with Gasteiger partial charge in [-0.25, -0.2) is 4.79 Å². The molecule has 2 rings (SSSR count). The Balaban J connectivity index is 2.43. The van der Waals surface area contributed by atoms with Gasteiger partial charge in [0.15, 0.2) is 0 Å². The van der Waals surface area contributed by atoms with Gasteiger partial charge in [0.2, 0.25) is 0 Å². The van der Waals surface area contributed by atoms with Crippen molar-refractivity contribution in [1.29, 1.82) is 0 Å². The van der Waals surface area contributed by atoms with Gasteiger partial charge in [-0.2, -0.15) is 0 Å². The lowest BCUT2D eigenvalue weighted by atomic mass is 10.1. The smallest absolute Gasteiger partial charge is 0.341 e. The van der Waals surface area contributed by atoms with Gasteiger partial charge in [0, 0.05) is 12.1 Å². The van der Waals surface area contributed by atoms with Crippen LogP contribution >= 0.6 is 22.9 Å². The highest BCUT2D eigenvalue weighted by atomic mass is 35.5. The number of nitro groups is 1. The van der Waals surface area contributed by atoms with E-state index in [0.717, 1.165) is 23.5 Å². The van der Waals surface area contributed by atoms with Gasteiger partial charge in [0.25, 0.3) is 17.5 Å². The first kappa shape index (κ1) is 20.3. The Morgan fingerprint density at radius 2 is 2.04 bits per heavy atom. The highest BCUT2D eigenvalue weighted by Crippen LogP contribution is 2.34. The molecule has 0 bridgehead atoms. The number of nitro benzene ring substituents is 1. The van der Waals surface area contributed by atoms with Crippen LogP contribution in [0.2, 0.25) is 5.02 Å². The lowest BCUT2D eigenvalue weighted by Crippen LogP contribution is -2.15. The summed E-state index contributed by atoms with van der Waals surface area (Å²) < 4.78 is 4.96. The third-order valence-electron chi connectivity index (χ3n) is 3.49. The van der Waals surface area contributed by atoms with Crippen molar-refractivity contribution in [3.8, 4) is 0 Å². The number of halogens is 1. The maximum atomic E-state index is 12.5. The Morgan fingerprint density at radius 1 is 1.37 bits per heavy atom. The molecule has 0 fully saturated rings. The van der Waals surface area contributed by atoms with Crippen molar-refractivity contribution in [2.24, 2.45) is 5.73 Å². The second-order valence-corrected chi connectivity index (χ2v) is 6.65. The van der Waals surface area contributed by atoms with E-state index in [1.165, 1.54) is 13.0 Å². The van der Waals surface area contributed by atoms with Gasteiger partial charge in [-0.3, -0.25) is 19.7 Å². The molecule has 2 aromatic rings. The molecule has 11 heteroatoms. The van der Waals surface area contributed by atoms with E-state index in [0.29, 0.717) is 0 Å². The second-order valence-electron chi connectivity index (χ2n) is 5.22. The zero-order chi connectivity index (χ0) is 20.3. The summed E-state index contributed by atoms with van der Waals surface area (Å²) >= 11 is 6.77. The number of carbonyl (C=O) groups is 3. The fraction of sp³-hybridized carbons (Fsp3) is 0.188. The lowest BCUT2D eigenvalue weighted by molar-refractivity contribution is -0.384. The van der Waals surface area contributed by atoms with Crippen LogP contribution < -0.4 is 11.1 Å². The van der Waals surface area contributed by atoms with Crippen LogP contribution in [0.4, 0.5) is 10.7 Å². The summed E-state index contributed by atoms with van der Waals surface area (Å²) in [5, 5.41) is 13.2. The molecule has 0 saturated heterocycles. The van der Waals surface area contributed by atoms with Crippen molar-refractivity contribution in [3.63, 3.8) is 0 Å². The van der Waals surface area contributed by atoms with Gasteiger partial charge in [0.1, 0.15) is 5.00 Å². The number of amides is 2. The third-order valence-corrected chi connectivity index (χ3v) is 5.02. The number of nitrogens with zero attached hydrogens (tertiary/aromatic N) is 1. The van der Waals surface area contributed by atoms with Gasteiger partial charge in [-0.05, 0) is 25.5 Å². The first-order chi connectivity index (χ1) is 12.7. The van der Waals surface area contributed by atoms with Gasteiger partial charge in [-0.15, -0.1) is 11.3 Å². The fourth-order valence-corrected chi connectivity index (χ4v) is 3.56. The zero-order valence-corrected chi connectivity index (χ0v) is 15.8. The Bertz CT molecular complexity index is 956. The van der Waals surface area contributed by atoms with Crippen LogP contribution in [0.15, 0.2) is 18.2 Å². The normalized spacial score (nSPS) is 10.3. The maximum Gasteiger partial charge on any atom is 0.341 e. The zero-order valence-electron chi connectivity index (χ0n) is 14.2. The molecule has 1 aromatic carbocycles. The molecular weight excluding hydrogens is 398 g/mol. The number of ether oxygens (including phenoxy) is 1. The average Bonchev–Trinajstić information content (AvgIpc) is 2.91. The van der Waals surface area contributed by atoms with Crippen molar-refractivity contribution in [2.45, 2.75) is 13.8 Å². The van der Waals surface area contributed by atoms with Crippen LogP contribution in [0, 0.1) is 17.0 Å². The van der Waals surface area contributed by atoms with E-state index in [4.69, 9.17) is 22.1 Å². The number of nitrogens with two attached hydrogens (primary N) is 1. The number of hydrogen-bond donors (Lipinski definition) is 2. The second kappa shape index (κ2) is 8.14. The molecule has 0 saturated carbocycles. The number of non-ortho nitro benzene ring substituents is 1. The molecule has 3 N–H and O–H groups in total. The lowest BCUT2D eigenvalue weighted by Gasteiger charge is -2.08. The van der Waals surface area contributed by atoms with Gasteiger partial charge >= 0.3 is 5.97 Å². The molecule has 0 atom stereocenters. The minimum Gasteiger partial charge on any atom is -0.462 e. The Labute approximate surface area is 162 Å². The molecule has 1 heterocycles. The number of hydrogen-bond acceptors (Lipinski definition) is 7. The summed E-state index contributed by atoms with van der Waals surface area (Å²) in [7, 11) is 0. The average molecular weight is 412 g/mol. The molecular formula is C16H14ClN3O6S. The Kier molecular flexibility index (Phi) is 6.13. The summed E-state index contributed by atoms with van der Waals surface area (Å²) in [6.07, 6.45) is 0. The standard InChI is InChI=1S/C16H14ClN3O6S/c1-3-26-16(23)11-7(2)12(13(18)21)27-15(11)19-14(22)9-5-4-8(20(24)25)6-10(9)17/h4-6H,3H2,1-2H3,(H2,18,21)(H,19,22). The van der Waals surface area contributed by atoms with Gasteiger partial charge in [0.05, 0.1) is 32.6 Å². The van der Waals surface area contributed by atoms with E-state index in [1.54, 1.807) is 6.92 Å². The molecule has 9 nitrogen and oxygen atoms in total. The topological polar surface area (TPSA) is 142 Å². The van der Waals surface area contributed by atoms with Crippen molar-refractivity contribution in [3.05, 3.63) is 54.9 Å². The molecule has 142 valence electrons. The van der Waals surface area contributed by atoms with Crippen LogP contribution in [0.3, 0.4) is 0 Å². The SMILES string of the molecule is CCOC(=O)c1c(NC(=O)c2ccc([N+](=O)[O-])cc2Cl)sc(C(N)=O)c1C. The van der Waals surface area contributed by atoms with Crippen molar-refractivity contribution < 1.29 is 24.0 Å². The highest BCUT2D eigenvalue weighted by molar-refractivity contribution is 7.18. The molecule has 0 unspecified atom stereocenters. The van der Waals surface area contributed by atoms with E-state index in [2.05, 4.69) is 5.32 Å². The van der Waals surface area contributed by atoms with Gasteiger partial charge < -0.3 is 15.8 Å². The monoisotopic (exact) mass is 411 g/mol. The molecule has 0 aliphatic carbocycles. The number of esters is 1. The van der Waals surface area contributed by atoms with Crippen molar-refractivity contribution in [1.82, 2.24) is 0 Å². The highest BCUT2D eigenvalue weighted by Gasteiger charge is 2.26. The summed E-state index contributed by atoms with van der Waals surface area (Å²) in [4.78, 5) is 46.5. The largest absolute Gasteiger partial charge is 0.462 e. The van der Waals surface area contributed by atoms with E-state index in [9.17, 15) is 24.5 Å². The summed E-state index contributed by atoms with van der Waals surface area (Å²) in [5.74, 6) is -2.18. The van der Waals surface area contributed by atoms with Crippen LogP contribution in [0.25, 0.3) is 0 Å². The molecule has 2 amide bonds. The minimum atomic E-state index is -0.753. The van der Waals surface area contributed by atoms with E-state index >= 15 is 0 Å². The summed E-state index contributed by atoms with van der Waals surface area (Å²) in [5.41, 5.74) is 5.30. The van der Waals surface area contributed by atoms with Crippen LogP contribution in [-0.2, 0) is 4.74 Å². The first-order valence-corrected chi connectivity index (χ1v) is 8.72. The molecule has 0 aliphatic rings. The van der Waals surface area contributed by atoms with Crippen molar-refractivity contribution >= 4 is 51.4 Å². The maximum absolute atomic E-state index is 12.5. The quantitative estimate of drug-likeness (QED) is 0.424. The molecule has 1 aromatic heterocycles.